The summed E-state index contributed by atoms with van der Waals surface area (Å²) in [4.78, 5) is 25.5. The van der Waals surface area contributed by atoms with Gasteiger partial charge in [0.25, 0.3) is 5.91 Å². The van der Waals surface area contributed by atoms with Gasteiger partial charge in [0.1, 0.15) is 11.5 Å². The van der Waals surface area contributed by atoms with Gasteiger partial charge in [0.2, 0.25) is 5.91 Å². The summed E-state index contributed by atoms with van der Waals surface area (Å²) in [6.07, 6.45) is 7.49. The minimum atomic E-state index is -0.703. The number of unbranched alkanes of at least 4 members (excludes halogenated alkanes) is 4. The molecule has 0 spiro atoms. The molecule has 0 saturated heterocycles. The Morgan fingerprint density at radius 2 is 1.52 bits per heavy atom. The number of phenols is 1. The van der Waals surface area contributed by atoms with E-state index in [0.717, 1.165) is 49.8 Å². The van der Waals surface area contributed by atoms with E-state index >= 15 is 0 Å². The third-order valence-corrected chi connectivity index (χ3v) is 8.24. The number of benzene rings is 2. The summed E-state index contributed by atoms with van der Waals surface area (Å²) in [5, 5.41) is 16.1. The predicted octanol–water partition coefficient (Wildman–Crippen LogP) is 8.86. The van der Waals surface area contributed by atoms with Gasteiger partial charge < -0.3 is 20.5 Å². The number of hydrogen-bond donors (Lipinski definition) is 3. The molecule has 2 amide bonds. The monoisotopic (exact) mass is 552 g/mol. The Kier molecular flexibility index (Phi) is 12.5. The van der Waals surface area contributed by atoms with Crippen molar-refractivity contribution >= 4 is 23.2 Å². The van der Waals surface area contributed by atoms with Gasteiger partial charge >= 0.3 is 0 Å². The molecule has 2 aromatic rings. The van der Waals surface area contributed by atoms with Crippen LogP contribution in [0.3, 0.4) is 0 Å². The predicted molar refractivity (Wildman–Crippen MR) is 167 cm³/mol. The van der Waals surface area contributed by atoms with Crippen molar-refractivity contribution in [2.75, 3.05) is 10.6 Å². The summed E-state index contributed by atoms with van der Waals surface area (Å²) >= 11 is 0. The number of nitrogens with one attached hydrogen (secondary N) is 2. The number of rotatable bonds is 16. The first-order chi connectivity index (χ1) is 18.9. The fourth-order valence-corrected chi connectivity index (χ4v) is 4.49. The lowest BCUT2D eigenvalue weighted by atomic mass is 9.76. The van der Waals surface area contributed by atoms with Crippen molar-refractivity contribution in [3.8, 4) is 11.5 Å². The van der Waals surface area contributed by atoms with Crippen molar-refractivity contribution < 1.29 is 19.4 Å². The zero-order chi connectivity index (χ0) is 29.9. The Hall–Kier alpha value is -3.02. The number of amides is 2. The lowest BCUT2D eigenvalue weighted by molar-refractivity contribution is -0.123. The van der Waals surface area contributed by atoms with Gasteiger partial charge in [0.05, 0.1) is 5.69 Å². The molecular formula is C34H52N2O4. The summed E-state index contributed by atoms with van der Waals surface area (Å²) in [5.74, 6) is 0.221. The molecule has 2 aromatic carbocycles. The highest BCUT2D eigenvalue weighted by molar-refractivity contribution is 5.96. The average molecular weight is 553 g/mol. The van der Waals surface area contributed by atoms with Crippen LogP contribution in [-0.4, -0.2) is 23.0 Å². The highest BCUT2D eigenvalue weighted by Crippen LogP contribution is 2.39. The molecule has 0 bridgehead atoms. The van der Waals surface area contributed by atoms with Crippen LogP contribution in [0, 0.1) is 0 Å². The van der Waals surface area contributed by atoms with Gasteiger partial charge in [-0.25, -0.2) is 0 Å². The molecule has 0 aliphatic carbocycles. The standard InChI is InChI=1S/C34H52N2O4/c1-9-13-14-15-16-17-31(38)36-27-20-19-25(23-28(27)37)35-32(39)29(10-2)40-30-21-18-24(33(5,6)11-3)22-26(30)34(7,8)12-4/h18-23,29,37H,9-17H2,1-8H3,(H,35,39)(H,36,38). The zero-order valence-electron chi connectivity index (χ0n) is 26.1. The van der Waals surface area contributed by atoms with Crippen LogP contribution >= 0.6 is 0 Å². The van der Waals surface area contributed by atoms with E-state index in [1.165, 1.54) is 18.1 Å². The second-order valence-electron chi connectivity index (χ2n) is 12.1. The molecule has 0 saturated carbocycles. The highest BCUT2D eigenvalue weighted by atomic mass is 16.5. The minimum absolute atomic E-state index is 0.0426. The molecule has 3 N–H and O–H groups in total. The number of hydrogen-bond acceptors (Lipinski definition) is 4. The summed E-state index contributed by atoms with van der Waals surface area (Å²) in [6, 6.07) is 11.1. The van der Waals surface area contributed by atoms with Crippen LogP contribution in [0.15, 0.2) is 36.4 Å². The van der Waals surface area contributed by atoms with E-state index in [1.54, 1.807) is 12.1 Å². The minimum Gasteiger partial charge on any atom is -0.506 e. The normalized spacial score (nSPS) is 12.6. The van der Waals surface area contributed by atoms with Crippen molar-refractivity contribution in [1.82, 2.24) is 0 Å². The number of aromatic hydroxyl groups is 1. The molecule has 0 fully saturated rings. The van der Waals surface area contributed by atoms with Crippen molar-refractivity contribution in [1.29, 1.82) is 0 Å². The fourth-order valence-electron chi connectivity index (χ4n) is 4.49. The molecule has 40 heavy (non-hydrogen) atoms. The Bertz CT molecular complexity index is 1120. The highest BCUT2D eigenvalue weighted by Gasteiger charge is 2.29. The van der Waals surface area contributed by atoms with E-state index in [1.807, 2.05) is 13.0 Å². The number of carbonyl (C=O) groups excluding carboxylic acids is 2. The van der Waals surface area contributed by atoms with Crippen LogP contribution in [0.25, 0.3) is 0 Å². The first kappa shape index (κ1) is 33.2. The molecule has 222 valence electrons. The summed E-state index contributed by atoms with van der Waals surface area (Å²) in [6.45, 7) is 17.3. The molecule has 6 nitrogen and oxygen atoms in total. The maximum Gasteiger partial charge on any atom is 0.265 e. The van der Waals surface area contributed by atoms with Gasteiger partial charge in [0.15, 0.2) is 6.10 Å². The Balaban J connectivity index is 2.13. The zero-order valence-corrected chi connectivity index (χ0v) is 26.1. The van der Waals surface area contributed by atoms with Crippen LogP contribution in [0.1, 0.15) is 124 Å². The van der Waals surface area contributed by atoms with E-state index in [2.05, 4.69) is 71.2 Å². The average Bonchev–Trinajstić information content (AvgIpc) is 2.92. The lowest BCUT2D eigenvalue weighted by Crippen LogP contribution is -2.33. The van der Waals surface area contributed by atoms with Gasteiger partial charge in [0, 0.05) is 23.7 Å². The summed E-state index contributed by atoms with van der Waals surface area (Å²) < 4.78 is 6.36. The smallest absolute Gasteiger partial charge is 0.265 e. The lowest BCUT2D eigenvalue weighted by Gasteiger charge is -2.31. The van der Waals surface area contributed by atoms with E-state index in [-0.39, 0.29) is 28.4 Å². The largest absolute Gasteiger partial charge is 0.506 e. The van der Waals surface area contributed by atoms with Gasteiger partial charge in [-0.15, -0.1) is 0 Å². The fraction of sp³-hybridized carbons (Fsp3) is 0.588. The van der Waals surface area contributed by atoms with Crippen molar-refractivity contribution in [2.24, 2.45) is 0 Å². The molecule has 2 rings (SSSR count). The number of phenolic OH excluding ortho intramolecular Hbond substituents is 1. The van der Waals surface area contributed by atoms with Gasteiger partial charge in [-0.3, -0.25) is 9.59 Å². The van der Waals surface area contributed by atoms with Crippen molar-refractivity contribution in [3.05, 3.63) is 47.5 Å². The number of carbonyl (C=O) groups is 2. The Labute approximate surface area is 242 Å². The Morgan fingerprint density at radius 3 is 2.12 bits per heavy atom. The molecule has 0 heterocycles. The van der Waals surface area contributed by atoms with E-state index < -0.39 is 6.10 Å². The SMILES string of the molecule is CCCCCCCC(=O)Nc1ccc(NC(=O)C(CC)Oc2ccc(C(C)(C)CC)cc2C(C)(C)CC)cc1O. The van der Waals surface area contributed by atoms with Crippen LogP contribution in [0.4, 0.5) is 11.4 Å². The first-order valence-corrected chi connectivity index (χ1v) is 15.1. The molecule has 0 aromatic heterocycles. The number of ether oxygens (including phenoxy) is 1. The molecule has 0 aliphatic rings. The van der Waals surface area contributed by atoms with Crippen molar-refractivity contribution in [3.63, 3.8) is 0 Å². The number of anilines is 2. The molecule has 1 atom stereocenters. The van der Waals surface area contributed by atoms with E-state index in [4.69, 9.17) is 4.74 Å². The molecule has 6 heteroatoms. The topological polar surface area (TPSA) is 87.7 Å². The molecule has 0 aliphatic heterocycles. The van der Waals surface area contributed by atoms with Crippen LogP contribution in [0.5, 0.6) is 11.5 Å². The third kappa shape index (κ3) is 9.28. The second-order valence-corrected chi connectivity index (χ2v) is 12.1. The first-order valence-electron chi connectivity index (χ1n) is 15.1. The van der Waals surface area contributed by atoms with E-state index in [9.17, 15) is 14.7 Å². The Morgan fingerprint density at radius 1 is 0.850 bits per heavy atom. The van der Waals surface area contributed by atoms with Gasteiger partial charge in [-0.1, -0.05) is 93.2 Å². The van der Waals surface area contributed by atoms with Gasteiger partial charge in [-0.05, 0) is 60.3 Å². The quantitative estimate of drug-likeness (QED) is 0.143. The summed E-state index contributed by atoms with van der Waals surface area (Å²) in [7, 11) is 0. The van der Waals surface area contributed by atoms with Crippen LogP contribution in [-0.2, 0) is 20.4 Å². The summed E-state index contributed by atoms with van der Waals surface area (Å²) in [5.41, 5.74) is 3.06. The van der Waals surface area contributed by atoms with Crippen molar-refractivity contribution in [2.45, 2.75) is 130 Å². The van der Waals surface area contributed by atoms with Crippen LogP contribution < -0.4 is 15.4 Å². The molecule has 0 radical (unpaired) electrons. The van der Waals surface area contributed by atoms with Gasteiger partial charge in [-0.2, -0.15) is 0 Å². The maximum atomic E-state index is 13.2. The van der Waals surface area contributed by atoms with E-state index in [0.29, 0.717) is 24.2 Å². The third-order valence-electron chi connectivity index (χ3n) is 8.24. The maximum absolute atomic E-state index is 13.2. The van der Waals surface area contributed by atoms with Crippen LogP contribution in [0.2, 0.25) is 0 Å². The molecular weight excluding hydrogens is 500 g/mol. The molecule has 1 unspecified atom stereocenters. The second kappa shape index (κ2) is 15.1.